The van der Waals surface area contributed by atoms with E-state index >= 15 is 0 Å². The number of nitrogens with one attached hydrogen (secondary N) is 1. The van der Waals surface area contributed by atoms with E-state index in [1.54, 1.807) is 13.0 Å². The molecule has 2 atom stereocenters. The van der Waals surface area contributed by atoms with E-state index in [4.69, 9.17) is 5.11 Å². The van der Waals surface area contributed by atoms with Crippen LogP contribution >= 0.6 is 0 Å². The van der Waals surface area contributed by atoms with Gasteiger partial charge in [0.15, 0.2) is 0 Å². The van der Waals surface area contributed by atoms with Gasteiger partial charge in [-0.2, -0.15) is 0 Å². The molecule has 5 heteroatoms. The number of phenols is 1. The van der Waals surface area contributed by atoms with Gasteiger partial charge in [0.1, 0.15) is 5.75 Å². The Balaban J connectivity index is 2.05. The van der Waals surface area contributed by atoms with E-state index in [1.165, 1.54) is 6.07 Å². The topological polar surface area (TPSA) is 86.6 Å². The standard InChI is InChI=1S/C15H19NO4/c1-2-14(18)16-8-9-6-11(9)10-4-3-5-13(17)12(10)7-15(19)20/h3-5,9,11,17H,2,6-8H2,1H3,(H,16,18)(H,19,20). The van der Waals surface area contributed by atoms with Gasteiger partial charge >= 0.3 is 5.97 Å². The number of carbonyl (C=O) groups is 2. The Morgan fingerprint density at radius 2 is 2.15 bits per heavy atom. The van der Waals surface area contributed by atoms with Crippen molar-refractivity contribution < 1.29 is 19.8 Å². The Bertz CT molecular complexity index is 527. The second-order valence-electron chi connectivity index (χ2n) is 5.18. The van der Waals surface area contributed by atoms with Crippen LogP contribution in [0.15, 0.2) is 18.2 Å². The first kappa shape index (κ1) is 14.4. The molecule has 0 saturated heterocycles. The van der Waals surface area contributed by atoms with Crippen LogP contribution in [-0.4, -0.2) is 28.6 Å². The number of hydrogen-bond donors (Lipinski definition) is 3. The van der Waals surface area contributed by atoms with E-state index in [2.05, 4.69) is 5.32 Å². The van der Waals surface area contributed by atoms with Crippen LogP contribution in [-0.2, 0) is 16.0 Å². The van der Waals surface area contributed by atoms with Crippen LogP contribution in [0.3, 0.4) is 0 Å². The lowest BCUT2D eigenvalue weighted by Gasteiger charge is -2.10. The summed E-state index contributed by atoms with van der Waals surface area (Å²) in [7, 11) is 0. The van der Waals surface area contributed by atoms with Gasteiger partial charge in [-0.1, -0.05) is 19.1 Å². The molecule has 0 bridgehead atoms. The molecule has 1 aromatic carbocycles. The Kier molecular flexibility index (Phi) is 4.27. The average Bonchev–Trinajstić information content (AvgIpc) is 3.17. The second-order valence-corrected chi connectivity index (χ2v) is 5.18. The minimum atomic E-state index is -0.954. The number of hydrogen-bond acceptors (Lipinski definition) is 3. The first-order valence-corrected chi connectivity index (χ1v) is 6.82. The molecule has 1 amide bonds. The van der Waals surface area contributed by atoms with Crippen molar-refractivity contribution in [3.05, 3.63) is 29.3 Å². The first-order valence-electron chi connectivity index (χ1n) is 6.82. The number of aliphatic carboxylic acids is 1. The van der Waals surface area contributed by atoms with Crippen LogP contribution in [0.1, 0.15) is 36.8 Å². The normalized spacial score (nSPS) is 20.4. The maximum absolute atomic E-state index is 11.2. The number of phenolic OH excluding ortho intramolecular Hbond substituents is 1. The quantitative estimate of drug-likeness (QED) is 0.738. The van der Waals surface area contributed by atoms with Crippen LogP contribution in [0, 0.1) is 5.92 Å². The summed E-state index contributed by atoms with van der Waals surface area (Å²) in [6.45, 7) is 2.42. The molecule has 5 nitrogen and oxygen atoms in total. The molecule has 0 aliphatic heterocycles. The van der Waals surface area contributed by atoms with E-state index in [9.17, 15) is 14.7 Å². The summed E-state index contributed by atoms with van der Waals surface area (Å²) in [6.07, 6.45) is 1.21. The molecule has 1 aromatic rings. The number of carboxylic acids is 1. The fourth-order valence-corrected chi connectivity index (χ4v) is 2.51. The molecule has 0 aromatic heterocycles. The van der Waals surface area contributed by atoms with Gasteiger partial charge in [0.2, 0.25) is 5.91 Å². The van der Waals surface area contributed by atoms with Gasteiger partial charge in [0, 0.05) is 18.5 Å². The number of amides is 1. The van der Waals surface area contributed by atoms with Gasteiger partial charge in [0.25, 0.3) is 0 Å². The lowest BCUT2D eigenvalue weighted by atomic mass is 9.98. The van der Waals surface area contributed by atoms with Crippen molar-refractivity contribution in [1.82, 2.24) is 5.32 Å². The van der Waals surface area contributed by atoms with Crippen LogP contribution < -0.4 is 5.32 Å². The largest absolute Gasteiger partial charge is 0.508 e. The smallest absolute Gasteiger partial charge is 0.307 e. The molecule has 0 radical (unpaired) electrons. The fourth-order valence-electron chi connectivity index (χ4n) is 2.51. The number of carbonyl (C=O) groups excluding carboxylic acids is 1. The van der Waals surface area contributed by atoms with Crippen molar-refractivity contribution in [2.24, 2.45) is 5.92 Å². The summed E-state index contributed by atoms with van der Waals surface area (Å²) < 4.78 is 0. The molecule has 0 spiro atoms. The molecule has 0 heterocycles. The maximum Gasteiger partial charge on any atom is 0.307 e. The van der Waals surface area contributed by atoms with E-state index in [0.717, 1.165) is 12.0 Å². The molecule has 1 aliphatic rings. The number of carboxylic acid groups (broad SMARTS) is 1. The highest BCUT2D eigenvalue weighted by atomic mass is 16.4. The zero-order chi connectivity index (χ0) is 14.7. The summed E-state index contributed by atoms with van der Waals surface area (Å²) in [5.74, 6) is -0.330. The molecule has 2 rings (SSSR count). The molecule has 108 valence electrons. The third-order valence-electron chi connectivity index (χ3n) is 3.72. The average molecular weight is 277 g/mol. The van der Waals surface area contributed by atoms with Crippen molar-refractivity contribution in [3.63, 3.8) is 0 Å². The summed E-state index contributed by atoms with van der Waals surface area (Å²) in [5, 5.41) is 21.6. The monoisotopic (exact) mass is 277 g/mol. The van der Waals surface area contributed by atoms with Gasteiger partial charge < -0.3 is 15.5 Å². The number of rotatable bonds is 6. The fraction of sp³-hybridized carbons (Fsp3) is 0.467. The third-order valence-corrected chi connectivity index (χ3v) is 3.72. The minimum absolute atomic E-state index is 0.0253. The SMILES string of the molecule is CCC(=O)NCC1CC1c1cccc(O)c1CC(=O)O. The molecule has 1 aliphatic carbocycles. The van der Waals surface area contributed by atoms with Crippen LogP contribution in [0.4, 0.5) is 0 Å². The zero-order valence-corrected chi connectivity index (χ0v) is 11.4. The highest BCUT2D eigenvalue weighted by Gasteiger charge is 2.40. The summed E-state index contributed by atoms with van der Waals surface area (Å²) in [5.41, 5.74) is 1.39. The molecule has 20 heavy (non-hydrogen) atoms. The Hall–Kier alpha value is -2.04. The van der Waals surface area contributed by atoms with Crippen LogP contribution in [0.25, 0.3) is 0 Å². The van der Waals surface area contributed by atoms with Gasteiger partial charge in [-0.3, -0.25) is 9.59 Å². The van der Waals surface area contributed by atoms with E-state index in [-0.39, 0.29) is 24.0 Å². The molecule has 2 unspecified atom stereocenters. The van der Waals surface area contributed by atoms with Gasteiger partial charge in [-0.15, -0.1) is 0 Å². The molecule has 3 N–H and O–H groups in total. The predicted octanol–water partition coefficient (Wildman–Crippen LogP) is 1.65. The van der Waals surface area contributed by atoms with Crippen molar-refractivity contribution in [3.8, 4) is 5.75 Å². The zero-order valence-electron chi connectivity index (χ0n) is 11.4. The third kappa shape index (κ3) is 3.29. The Morgan fingerprint density at radius 1 is 1.40 bits per heavy atom. The van der Waals surface area contributed by atoms with Crippen molar-refractivity contribution in [1.29, 1.82) is 0 Å². The van der Waals surface area contributed by atoms with Crippen molar-refractivity contribution in [2.75, 3.05) is 6.54 Å². The Morgan fingerprint density at radius 3 is 2.80 bits per heavy atom. The van der Waals surface area contributed by atoms with E-state index in [0.29, 0.717) is 24.4 Å². The van der Waals surface area contributed by atoms with Gasteiger partial charge in [-0.05, 0) is 29.9 Å². The molecule has 1 fully saturated rings. The Labute approximate surface area is 117 Å². The number of benzene rings is 1. The van der Waals surface area contributed by atoms with Gasteiger partial charge in [0.05, 0.1) is 6.42 Å². The van der Waals surface area contributed by atoms with E-state index < -0.39 is 5.97 Å². The lowest BCUT2D eigenvalue weighted by molar-refractivity contribution is -0.136. The van der Waals surface area contributed by atoms with Crippen molar-refractivity contribution >= 4 is 11.9 Å². The number of aromatic hydroxyl groups is 1. The summed E-state index contributed by atoms with van der Waals surface area (Å²) in [4.78, 5) is 22.1. The highest BCUT2D eigenvalue weighted by molar-refractivity contribution is 5.75. The second kappa shape index (κ2) is 5.94. The van der Waals surface area contributed by atoms with Crippen LogP contribution in [0.2, 0.25) is 0 Å². The summed E-state index contributed by atoms with van der Waals surface area (Å²) >= 11 is 0. The predicted molar refractivity (Wildman–Crippen MR) is 73.6 cm³/mol. The van der Waals surface area contributed by atoms with Crippen molar-refractivity contribution in [2.45, 2.75) is 32.1 Å². The maximum atomic E-state index is 11.2. The molecule has 1 saturated carbocycles. The minimum Gasteiger partial charge on any atom is -0.508 e. The van der Waals surface area contributed by atoms with Gasteiger partial charge in [-0.25, -0.2) is 0 Å². The molecular weight excluding hydrogens is 258 g/mol. The van der Waals surface area contributed by atoms with E-state index in [1.807, 2.05) is 6.07 Å². The lowest BCUT2D eigenvalue weighted by Crippen LogP contribution is -2.24. The molecular formula is C15H19NO4. The van der Waals surface area contributed by atoms with Crippen LogP contribution in [0.5, 0.6) is 5.75 Å². The highest BCUT2D eigenvalue weighted by Crippen LogP contribution is 2.49. The first-order chi connectivity index (χ1) is 9.52. The summed E-state index contributed by atoms with van der Waals surface area (Å²) in [6, 6.07) is 5.11.